The first kappa shape index (κ1) is 25.1. The molecule has 7 nitrogen and oxygen atoms in total. The summed E-state index contributed by atoms with van der Waals surface area (Å²) in [4.78, 5) is 32.6. The molecule has 0 aliphatic carbocycles. The number of nitrogens with zero attached hydrogens (tertiary/aromatic N) is 1. The highest BCUT2D eigenvalue weighted by molar-refractivity contribution is 5.67. The number of quaternary nitrogens is 1. The molecule has 156 valence electrons. The van der Waals surface area contributed by atoms with Crippen molar-refractivity contribution in [1.82, 2.24) is 0 Å². The van der Waals surface area contributed by atoms with Gasteiger partial charge in [-0.15, -0.1) is 0 Å². The van der Waals surface area contributed by atoms with E-state index in [2.05, 4.69) is 19.2 Å². The molecule has 0 atom stereocenters. The quantitative estimate of drug-likeness (QED) is 0.243. The highest BCUT2D eigenvalue weighted by Crippen LogP contribution is 2.17. The van der Waals surface area contributed by atoms with Gasteiger partial charge in [0.1, 0.15) is 0 Å². The van der Waals surface area contributed by atoms with Crippen molar-refractivity contribution in [2.24, 2.45) is 0 Å². The third-order valence-electron chi connectivity index (χ3n) is 4.63. The molecule has 0 rings (SSSR count). The van der Waals surface area contributed by atoms with Gasteiger partial charge in [0, 0.05) is 19.3 Å². The zero-order valence-electron chi connectivity index (χ0n) is 16.6. The van der Waals surface area contributed by atoms with E-state index in [-0.39, 0.29) is 19.3 Å². The Hall–Kier alpha value is -1.89. The largest absolute Gasteiger partial charge is 0.481 e. The van der Waals surface area contributed by atoms with Gasteiger partial charge < -0.3 is 15.3 Å². The monoisotopic (exact) mass is 386 g/mol. The second-order valence-corrected chi connectivity index (χ2v) is 7.12. The predicted octanol–water partition coefficient (Wildman–Crippen LogP) is 3.88. The van der Waals surface area contributed by atoms with Crippen LogP contribution in [-0.2, 0) is 14.4 Å². The summed E-state index contributed by atoms with van der Waals surface area (Å²) in [5, 5.41) is 26.8. The van der Waals surface area contributed by atoms with Crippen LogP contribution in [0.15, 0.2) is 12.3 Å². The number of carboxylic acid groups (broad SMARTS) is 3. The lowest BCUT2D eigenvalue weighted by Crippen LogP contribution is -2.45. The van der Waals surface area contributed by atoms with Gasteiger partial charge in [-0.1, -0.05) is 26.2 Å². The minimum Gasteiger partial charge on any atom is -0.481 e. The molecule has 0 aromatic rings. The van der Waals surface area contributed by atoms with E-state index in [1.54, 1.807) is 0 Å². The molecule has 0 fully saturated rings. The van der Waals surface area contributed by atoms with Crippen molar-refractivity contribution in [3.63, 3.8) is 0 Å². The summed E-state index contributed by atoms with van der Waals surface area (Å²) in [6, 6.07) is 0. The molecule has 27 heavy (non-hydrogen) atoms. The Morgan fingerprint density at radius 2 is 1.15 bits per heavy atom. The van der Waals surface area contributed by atoms with Crippen LogP contribution in [0.4, 0.5) is 0 Å². The van der Waals surface area contributed by atoms with Crippen LogP contribution >= 0.6 is 0 Å². The normalized spacial score (nSPS) is 11.7. The summed E-state index contributed by atoms with van der Waals surface area (Å²) in [6.45, 7) is 3.90. The van der Waals surface area contributed by atoms with Crippen LogP contribution in [0.2, 0.25) is 0 Å². The maximum Gasteiger partial charge on any atom is 0.303 e. The Morgan fingerprint density at radius 1 is 0.704 bits per heavy atom. The molecular formula is C20H36NO6+. The molecule has 0 radical (unpaired) electrons. The molecular weight excluding hydrogens is 350 g/mol. The Labute approximate surface area is 162 Å². The average Bonchev–Trinajstić information content (AvgIpc) is 2.57. The third-order valence-corrected chi connectivity index (χ3v) is 4.63. The van der Waals surface area contributed by atoms with Crippen molar-refractivity contribution in [1.29, 1.82) is 0 Å². The lowest BCUT2D eigenvalue weighted by Gasteiger charge is -2.35. The van der Waals surface area contributed by atoms with Crippen molar-refractivity contribution in [3.8, 4) is 0 Å². The molecule has 0 bridgehead atoms. The van der Waals surface area contributed by atoms with Gasteiger partial charge in [-0.2, -0.15) is 0 Å². The van der Waals surface area contributed by atoms with Crippen molar-refractivity contribution >= 4 is 17.9 Å². The van der Waals surface area contributed by atoms with Crippen molar-refractivity contribution < 1.29 is 34.2 Å². The Balaban J connectivity index is 5.01. The average molecular weight is 387 g/mol. The van der Waals surface area contributed by atoms with E-state index in [9.17, 15) is 14.4 Å². The van der Waals surface area contributed by atoms with Crippen LogP contribution in [-0.4, -0.2) is 57.3 Å². The van der Waals surface area contributed by atoms with E-state index in [0.717, 1.165) is 19.3 Å². The fourth-order valence-electron chi connectivity index (χ4n) is 3.18. The maximum absolute atomic E-state index is 10.9. The first-order valence-corrected chi connectivity index (χ1v) is 10.00. The zero-order chi connectivity index (χ0) is 20.5. The molecule has 0 heterocycles. The van der Waals surface area contributed by atoms with E-state index in [4.69, 9.17) is 15.3 Å². The first-order chi connectivity index (χ1) is 12.8. The van der Waals surface area contributed by atoms with Gasteiger partial charge in [0.15, 0.2) is 0 Å². The summed E-state index contributed by atoms with van der Waals surface area (Å²) in [6.07, 6.45) is 11.3. The second-order valence-electron chi connectivity index (χ2n) is 7.12. The predicted molar refractivity (Wildman–Crippen MR) is 103 cm³/mol. The fraction of sp³-hybridized carbons (Fsp3) is 0.750. The van der Waals surface area contributed by atoms with Crippen molar-refractivity contribution in [3.05, 3.63) is 12.3 Å². The standard InChI is InChI=1S/C20H35NO6/c1-2-3-4-5-6-7-14-21(15-8-11-18(22)23,16-9-12-19(24)25)17-10-13-20(26)27/h7,14H,2-6,8-13,15-17H2,1H3,(H2-,22,23,24,25,26,27)/p+1/b14-7+. The molecule has 0 unspecified atom stereocenters. The van der Waals surface area contributed by atoms with E-state index in [1.165, 1.54) is 12.8 Å². The summed E-state index contributed by atoms with van der Waals surface area (Å²) >= 11 is 0. The summed E-state index contributed by atoms with van der Waals surface area (Å²) in [5.74, 6) is -2.56. The minimum atomic E-state index is -0.854. The number of aliphatic carboxylic acids is 3. The SMILES string of the molecule is CCCCCC/C=C/[N+](CCCC(=O)O)(CCCC(=O)O)CCCC(=O)O. The number of carbonyl (C=O) groups is 3. The molecule has 0 spiro atoms. The van der Waals surface area contributed by atoms with Gasteiger partial charge in [0.2, 0.25) is 0 Å². The second kappa shape index (κ2) is 15.2. The Kier molecular flexibility index (Phi) is 14.1. The van der Waals surface area contributed by atoms with Crippen LogP contribution in [0.3, 0.4) is 0 Å². The lowest BCUT2D eigenvalue weighted by molar-refractivity contribution is -0.880. The molecule has 0 aliphatic heterocycles. The number of unbranched alkanes of at least 4 members (excludes halogenated alkanes) is 4. The first-order valence-electron chi connectivity index (χ1n) is 10.00. The van der Waals surface area contributed by atoms with E-state index in [0.29, 0.717) is 43.4 Å². The van der Waals surface area contributed by atoms with E-state index < -0.39 is 17.9 Å². The van der Waals surface area contributed by atoms with Gasteiger partial charge in [0.05, 0.1) is 45.1 Å². The summed E-state index contributed by atoms with van der Waals surface area (Å²) < 4.78 is 0.460. The van der Waals surface area contributed by atoms with Crippen LogP contribution in [0.1, 0.15) is 77.6 Å². The molecule has 0 saturated heterocycles. The molecule has 0 saturated carbocycles. The van der Waals surface area contributed by atoms with Gasteiger partial charge in [-0.3, -0.25) is 18.9 Å². The fourth-order valence-corrected chi connectivity index (χ4v) is 3.18. The van der Waals surface area contributed by atoms with Crippen LogP contribution in [0.5, 0.6) is 0 Å². The Bertz CT molecular complexity index is 425. The molecule has 7 heteroatoms. The maximum atomic E-state index is 10.9. The number of hydrogen-bond acceptors (Lipinski definition) is 3. The molecule has 0 aliphatic rings. The molecule has 0 aromatic carbocycles. The highest BCUT2D eigenvalue weighted by Gasteiger charge is 2.25. The van der Waals surface area contributed by atoms with Crippen molar-refractivity contribution in [2.45, 2.75) is 77.6 Å². The van der Waals surface area contributed by atoms with Gasteiger partial charge in [-0.25, -0.2) is 0 Å². The number of rotatable bonds is 18. The zero-order valence-corrected chi connectivity index (χ0v) is 16.6. The smallest absolute Gasteiger partial charge is 0.303 e. The van der Waals surface area contributed by atoms with Crippen molar-refractivity contribution in [2.75, 3.05) is 19.6 Å². The van der Waals surface area contributed by atoms with E-state index >= 15 is 0 Å². The van der Waals surface area contributed by atoms with Gasteiger partial charge >= 0.3 is 17.9 Å². The third kappa shape index (κ3) is 14.9. The molecule has 0 amide bonds. The highest BCUT2D eigenvalue weighted by atomic mass is 16.4. The molecule has 3 N–H and O–H groups in total. The Morgan fingerprint density at radius 3 is 1.52 bits per heavy atom. The topological polar surface area (TPSA) is 112 Å². The minimum absolute atomic E-state index is 0.0577. The lowest BCUT2D eigenvalue weighted by atomic mass is 10.1. The van der Waals surface area contributed by atoms with Gasteiger partial charge in [0.25, 0.3) is 0 Å². The summed E-state index contributed by atoms with van der Waals surface area (Å²) in [5.41, 5.74) is 0. The van der Waals surface area contributed by atoms with E-state index in [1.807, 2.05) is 0 Å². The van der Waals surface area contributed by atoms with Crippen LogP contribution in [0, 0.1) is 0 Å². The van der Waals surface area contributed by atoms with Crippen LogP contribution < -0.4 is 0 Å². The summed E-state index contributed by atoms with van der Waals surface area (Å²) in [7, 11) is 0. The number of hydrogen-bond donors (Lipinski definition) is 3. The van der Waals surface area contributed by atoms with Gasteiger partial charge in [-0.05, 0) is 18.9 Å². The van der Waals surface area contributed by atoms with Crippen LogP contribution in [0.25, 0.3) is 0 Å². The number of allylic oxidation sites excluding steroid dienone is 1. The molecule has 0 aromatic heterocycles. The number of carboxylic acids is 3.